The van der Waals surface area contributed by atoms with Gasteiger partial charge in [0.05, 0.1) is 5.69 Å². The van der Waals surface area contributed by atoms with E-state index in [9.17, 15) is 0 Å². The second-order valence-corrected chi connectivity index (χ2v) is 5.20. The third-order valence-electron chi connectivity index (χ3n) is 2.79. The lowest BCUT2D eigenvalue weighted by molar-refractivity contribution is 0.0843. The van der Waals surface area contributed by atoms with E-state index in [4.69, 9.17) is 4.74 Å². The molecule has 0 aromatic carbocycles. The van der Waals surface area contributed by atoms with Crippen LogP contribution in [0.15, 0.2) is 0 Å². The lowest BCUT2D eigenvalue weighted by Crippen LogP contribution is -2.04. The van der Waals surface area contributed by atoms with Crippen LogP contribution in [0.5, 0.6) is 0 Å². The molecule has 0 bridgehead atoms. The summed E-state index contributed by atoms with van der Waals surface area (Å²) in [5.41, 5.74) is 1.15. The Kier molecular flexibility index (Phi) is 3.38. The van der Waals surface area contributed by atoms with Crippen LogP contribution in [-0.4, -0.2) is 19.1 Å². The Morgan fingerprint density at radius 1 is 1.60 bits per heavy atom. The van der Waals surface area contributed by atoms with E-state index >= 15 is 0 Å². The molecule has 15 heavy (non-hydrogen) atoms. The predicted molar refractivity (Wildman–Crippen MR) is 62.1 cm³/mol. The molecule has 1 aliphatic rings. The summed E-state index contributed by atoms with van der Waals surface area (Å²) in [4.78, 5) is 5.94. The van der Waals surface area contributed by atoms with Crippen molar-refractivity contribution in [1.82, 2.24) is 10.3 Å². The Bertz CT molecular complexity index is 333. The van der Waals surface area contributed by atoms with Crippen LogP contribution in [0.25, 0.3) is 0 Å². The van der Waals surface area contributed by atoms with Gasteiger partial charge < -0.3 is 10.1 Å². The molecule has 0 aliphatic heterocycles. The molecule has 0 spiro atoms. The van der Waals surface area contributed by atoms with E-state index in [1.165, 1.54) is 17.7 Å². The monoisotopic (exact) mass is 226 g/mol. The number of aryl methyl sites for hydroxylation is 1. The molecule has 0 amide bonds. The fraction of sp³-hybridized carbons (Fsp3) is 0.727. The first kappa shape index (κ1) is 11.0. The summed E-state index contributed by atoms with van der Waals surface area (Å²) in [5.74, 6) is 0.711. The van der Waals surface area contributed by atoms with Gasteiger partial charge in [-0.15, -0.1) is 11.3 Å². The minimum absolute atomic E-state index is 0.235. The molecule has 3 nitrogen and oxygen atoms in total. The van der Waals surface area contributed by atoms with Crippen LogP contribution in [0.3, 0.4) is 0 Å². The number of nitrogens with zero attached hydrogens (tertiary/aromatic N) is 1. The molecule has 1 unspecified atom stereocenters. The number of aromatic nitrogens is 1. The number of methoxy groups -OCH3 is 1. The molecule has 0 radical (unpaired) electrons. The van der Waals surface area contributed by atoms with E-state index in [1.807, 2.05) is 7.05 Å². The molecule has 1 saturated carbocycles. The van der Waals surface area contributed by atoms with Gasteiger partial charge in [-0.1, -0.05) is 0 Å². The van der Waals surface area contributed by atoms with Crippen LogP contribution in [0.2, 0.25) is 0 Å². The first-order valence-corrected chi connectivity index (χ1v) is 6.21. The van der Waals surface area contributed by atoms with Crippen molar-refractivity contribution in [3.8, 4) is 0 Å². The SMILES string of the molecule is CNCc1sc(C(OC)C2CC2)nc1C. The third kappa shape index (κ3) is 2.38. The Labute approximate surface area is 94.9 Å². The molecule has 1 atom stereocenters. The van der Waals surface area contributed by atoms with Crippen LogP contribution >= 0.6 is 11.3 Å². The van der Waals surface area contributed by atoms with E-state index in [-0.39, 0.29) is 6.10 Å². The summed E-state index contributed by atoms with van der Waals surface area (Å²) in [6.45, 7) is 2.98. The zero-order valence-electron chi connectivity index (χ0n) is 9.54. The minimum Gasteiger partial charge on any atom is -0.374 e. The zero-order valence-corrected chi connectivity index (χ0v) is 10.4. The maximum absolute atomic E-state index is 5.53. The minimum atomic E-state index is 0.235. The molecule has 1 aromatic rings. The van der Waals surface area contributed by atoms with Crippen LogP contribution in [0.1, 0.15) is 34.5 Å². The Balaban J connectivity index is 2.16. The second kappa shape index (κ2) is 4.60. The Morgan fingerprint density at radius 2 is 2.33 bits per heavy atom. The summed E-state index contributed by atoms with van der Waals surface area (Å²) < 4.78 is 5.53. The molecule has 84 valence electrons. The molecular formula is C11H18N2OS. The fourth-order valence-electron chi connectivity index (χ4n) is 1.79. The molecular weight excluding hydrogens is 208 g/mol. The van der Waals surface area contributed by atoms with E-state index < -0.39 is 0 Å². The molecule has 0 saturated heterocycles. The maximum Gasteiger partial charge on any atom is 0.122 e. The van der Waals surface area contributed by atoms with E-state index in [0.717, 1.165) is 17.2 Å². The van der Waals surface area contributed by atoms with Crippen molar-refractivity contribution < 1.29 is 4.74 Å². The van der Waals surface area contributed by atoms with E-state index in [0.29, 0.717) is 5.92 Å². The third-order valence-corrected chi connectivity index (χ3v) is 4.01. The standard InChI is InChI=1S/C11H18N2OS/c1-7-9(6-12-2)15-11(13-7)10(14-3)8-4-5-8/h8,10,12H,4-6H2,1-3H3. The van der Waals surface area contributed by atoms with Gasteiger partial charge in [-0.05, 0) is 32.7 Å². The summed E-state index contributed by atoms with van der Waals surface area (Å²) in [6, 6.07) is 0. The van der Waals surface area contributed by atoms with E-state index in [2.05, 4.69) is 17.2 Å². The molecule has 1 aromatic heterocycles. The Morgan fingerprint density at radius 3 is 2.87 bits per heavy atom. The van der Waals surface area contributed by atoms with Crippen molar-refractivity contribution in [2.75, 3.05) is 14.2 Å². The van der Waals surface area contributed by atoms with Crippen LogP contribution in [0, 0.1) is 12.8 Å². The highest BCUT2D eigenvalue weighted by molar-refractivity contribution is 7.11. The maximum atomic E-state index is 5.53. The van der Waals surface area contributed by atoms with Gasteiger partial charge in [0.15, 0.2) is 0 Å². The smallest absolute Gasteiger partial charge is 0.122 e. The van der Waals surface area contributed by atoms with Crippen molar-refractivity contribution >= 4 is 11.3 Å². The molecule has 1 aliphatic carbocycles. The quantitative estimate of drug-likeness (QED) is 0.836. The van der Waals surface area contributed by atoms with Crippen molar-refractivity contribution in [1.29, 1.82) is 0 Å². The normalized spacial score (nSPS) is 18.1. The molecule has 2 rings (SSSR count). The highest BCUT2D eigenvalue weighted by Gasteiger charge is 2.34. The van der Waals surface area contributed by atoms with Gasteiger partial charge in [0.1, 0.15) is 11.1 Å². The molecule has 1 fully saturated rings. The number of hydrogen-bond acceptors (Lipinski definition) is 4. The second-order valence-electron chi connectivity index (χ2n) is 4.08. The number of rotatable bonds is 5. The average Bonchev–Trinajstić information content (AvgIpc) is 2.96. The zero-order chi connectivity index (χ0) is 10.8. The van der Waals surface area contributed by atoms with Gasteiger partial charge in [0, 0.05) is 18.5 Å². The summed E-state index contributed by atoms with van der Waals surface area (Å²) in [6.07, 6.45) is 2.82. The lowest BCUT2D eigenvalue weighted by Gasteiger charge is -2.10. The summed E-state index contributed by atoms with van der Waals surface area (Å²) >= 11 is 1.79. The summed E-state index contributed by atoms with van der Waals surface area (Å²) in [7, 11) is 3.75. The molecule has 1 heterocycles. The van der Waals surface area contributed by atoms with Crippen LogP contribution in [0.4, 0.5) is 0 Å². The van der Waals surface area contributed by atoms with Crippen molar-refractivity contribution in [2.24, 2.45) is 5.92 Å². The molecule has 4 heteroatoms. The van der Waals surface area contributed by atoms with Gasteiger partial charge in [0.25, 0.3) is 0 Å². The number of thiazole rings is 1. The van der Waals surface area contributed by atoms with E-state index in [1.54, 1.807) is 18.4 Å². The van der Waals surface area contributed by atoms with Gasteiger partial charge >= 0.3 is 0 Å². The predicted octanol–water partition coefficient (Wildman–Crippen LogP) is 2.27. The number of ether oxygens (including phenoxy) is 1. The molecule has 1 N–H and O–H groups in total. The first-order chi connectivity index (χ1) is 7.26. The largest absolute Gasteiger partial charge is 0.374 e. The highest BCUT2D eigenvalue weighted by atomic mass is 32.1. The van der Waals surface area contributed by atoms with Crippen molar-refractivity contribution in [3.63, 3.8) is 0 Å². The number of hydrogen-bond donors (Lipinski definition) is 1. The van der Waals surface area contributed by atoms with Gasteiger partial charge in [-0.3, -0.25) is 0 Å². The first-order valence-electron chi connectivity index (χ1n) is 5.40. The van der Waals surface area contributed by atoms with Gasteiger partial charge in [-0.2, -0.15) is 0 Å². The summed E-state index contributed by atoms with van der Waals surface area (Å²) in [5, 5.41) is 4.32. The average molecular weight is 226 g/mol. The highest BCUT2D eigenvalue weighted by Crippen LogP contribution is 2.44. The number of nitrogens with one attached hydrogen (secondary N) is 1. The van der Waals surface area contributed by atoms with Crippen molar-refractivity contribution in [2.45, 2.75) is 32.4 Å². The van der Waals surface area contributed by atoms with Crippen molar-refractivity contribution in [3.05, 3.63) is 15.6 Å². The topological polar surface area (TPSA) is 34.1 Å². The van der Waals surface area contributed by atoms with Gasteiger partial charge in [0.2, 0.25) is 0 Å². The van der Waals surface area contributed by atoms with Gasteiger partial charge in [-0.25, -0.2) is 4.98 Å². The lowest BCUT2D eigenvalue weighted by atomic mass is 10.2. The fourth-order valence-corrected chi connectivity index (χ4v) is 3.04. The Hall–Kier alpha value is -0.450. The van der Waals surface area contributed by atoms with Crippen LogP contribution < -0.4 is 5.32 Å². The van der Waals surface area contributed by atoms with Crippen LogP contribution in [-0.2, 0) is 11.3 Å².